The first-order valence-corrected chi connectivity index (χ1v) is 5.89. The first kappa shape index (κ1) is 13.0. The molecule has 0 amide bonds. The second kappa shape index (κ2) is 7.37. The minimum atomic E-state index is 0.749. The van der Waals surface area contributed by atoms with Crippen molar-refractivity contribution in [1.29, 1.82) is 0 Å². The van der Waals surface area contributed by atoms with E-state index in [0.717, 1.165) is 24.3 Å². The first-order chi connectivity index (χ1) is 6.19. The molecule has 0 aromatic carbocycles. The van der Waals surface area contributed by atoms with Crippen LogP contribution in [0, 0.1) is 17.8 Å². The Labute approximate surface area is 84.1 Å². The van der Waals surface area contributed by atoms with Gasteiger partial charge >= 0.3 is 0 Å². The summed E-state index contributed by atoms with van der Waals surface area (Å²) in [4.78, 5) is 0. The van der Waals surface area contributed by atoms with E-state index in [1.54, 1.807) is 0 Å². The standard InChI is InChI=1S/C12H27N/c1-5-10(4)8-11(6-2)12(7-3)9-13/h10-12H,5-9,13H2,1-4H3. The number of rotatable bonds is 7. The summed E-state index contributed by atoms with van der Waals surface area (Å²) in [6.07, 6.45) is 5.20. The molecule has 0 fully saturated rings. The Balaban J connectivity index is 3.98. The van der Waals surface area contributed by atoms with Crippen molar-refractivity contribution >= 4 is 0 Å². The van der Waals surface area contributed by atoms with Gasteiger partial charge in [0.1, 0.15) is 0 Å². The van der Waals surface area contributed by atoms with Crippen LogP contribution in [0.5, 0.6) is 0 Å². The van der Waals surface area contributed by atoms with E-state index >= 15 is 0 Å². The van der Waals surface area contributed by atoms with Crippen LogP contribution in [0.3, 0.4) is 0 Å². The van der Waals surface area contributed by atoms with Gasteiger partial charge in [-0.2, -0.15) is 0 Å². The van der Waals surface area contributed by atoms with Crippen molar-refractivity contribution in [2.45, 2.75) is 53.4 Å². The maximum absolute atomic E-state index is 5.78. The zero-order valence-corrected chi connectivity index (χ0v) is 9.84. The molecule has 13 heavy (non-hydrogen) atoms. The molecule has 0 heterocycles. The summed E-state index contributed by atoms with van der Waals surface area (Å²) in [6.45, 7) is 10.1. The molecule has 1 nitrogen and oxygen atoms in total. The molecule has 0 aromatic heterocycles. The molecule has 80 valence electrons. The summed E-state index contributed by atoms with van der Waals surface area (Å²) in [5.74, 6) is 2.47. The van der Waals surface area contributed by atoms with Gasteiger partial charge in [-0.15, -0.1) is 0 Å². The summed E-state index contributed by atoms with van der Waals surface area (Å²) in [5, 5.41) is 0. The molecule has 0 bridgehead atoms. The van der Waals surface area contributed by atoms with Crippen molar-refractivity contribution in [3.8, 4) is 0 Å². The fraction of sp³-hybridized carbons (Fsp3) is 1.00. The van der Waals surface area contributed by atoms with Crippen LogP contribution in [0.25, 0.3) is 0 Å². The Bertz CT molecular complexity index is 108. The van der Waals surface area contributed by atoms with E-state index in [2.05, 4.69) is 27.7 Å². The van der Waals surface area contributed by atoms with Crippen molar-refractivity contribution in [3.05, 3.63) is 0 Å². The van der Waals surface area contributed by atoms with Crippen LogP contribution in [0.15, 0.2) is 0 Å². The predicted octanol–water partition coefficient (Wildman–Crippen LogP) is 3.43. The van der Waals surface area contributed by atoms with Gasteiger partial charge in [-0.25, -0.2) is 0 Å². The van der Waals surface area contributed by atoms with E-state index in [1.807, 2.05) is 0 Å². The van der Waals surface area contributed by atoms with Crippen molar-refractivity contribution in [1.82, 2.24) is 0 Å². The lowest BCUT2D eigenvalue weighted by Crippen LogP contribution is -2.24. The van der Waals surface area contributed by atoms with E-state index in [0.29, 0.717) is 0 Å². The summed E-state index contributed by atoms with van der Waals surface area (Å²) in [7, 11) is 0. The molecule has 0 aliphatic rings. The van der Waals surface area contributed by atoms with Crippen LogP contribution in [0.2, 0.25) is 0 Å². The molecule has 0 saturated carbocycles. The van der Waals surface area contributed by atoms with E-state index in [9.17, 15) is 0 Å². The second-order valence-electron chi connectivity index (χ2n) is 4.32. The average molecular weight is 185 g/mol. The third-order valence-electron chi connectivity index (χ3n) is 3.42. The van der Waals surface area contributed by atoms with E-state index in [-0.39, 0.29) is 0 Å². The van der Waals surface area contributed by atoms with Crippen molar-refractivity contribution in [3.63, 3.8) is 0 Å². The Hall–Kier alpha value is -0.0400. The molecule has 0 saturated heterocycles. The van der Waals surface area contributed by atoms with Crippen molar-refractivity contribution in [2.24, 2.45) is 23.5 Å². The highest BCUT2D eigenvalue weighted by Crippen LogP contribution is 2.26. The maximum atomic E-state index is 5.78. The smallest absolute Gasteiger partial charge is 0.00463 e. The van der Waals surface area contributed by atoms with Crippen LogP contribution in [0.4, 0.5) is 0 Å². The SMILES string of the molecule is CCC(C)CC(CC)C(CC)CN. The molecule has 3 unspecified atom stereocenters. The van der Waals surface area contributed by atoms with Gasteiger partial charge in [0.2, 0.25) is 0 Å². The maximum Gasteiger partial charge on any atom is -0.00463 e. The fourth-order valence-corrected chi connectivity index (χ4v) is 2.07. The molecule has 1 heteroatoms. The van der Waals surface area contributed by atoms with Crippen LogP contribution >= 0.6 is 0 Å². The fourth-order valence-electron chi connectivity index (χ4n) is 2.07. The third kappa shape index (κ3) is 4.66. The quantitative estimate of drug-likeness (QED) is 0.646. The normalized spacial score (nSPS) is 18.2. The lowest BCUT2D eigenvalue weighted by molar-refractivity contribution is 0.261. The average Bonchev–Trinajstić information content (AvgIpc) is 2.17. The Morgan fingerprint density at radius 2 is 1.46 bits per heavy atom. The van der Waals surface area contributed by atoms with Crippen molar-refractivity contribution < 1.29 is 0 Å². The lowest BCUT2D eigenvalue weighted by atomic mass is 9.81. The molecule has 0 rings (SSSR count). The van der Waals surface area contributed by atoms with E-state index < -0.39 is 0 Å². The van der Waals surface area contributed by atoms with Gasteiger partial charge in [-0.05, 0) is 30.7 Å². The molecule has 2 N–H and O–H groups in total. The Morgan fingerprint density at radius 1 is 0.923 bits per heavy atom. The van der Waals surface area contributed by atoms with Crippen LogP contribution < -0.4 is 5.73 Å². The summed E-state index contributed by atoms with van der Waals surface area (Å²) < 4.78 is 0. The van der Waals surface area contributed by atoms with Gasteiger partial charge in [0.25, 0.3) is 0 Å². The summed E-state index contributed by atoms with van der Waals surface area (Å²) in [5.41, 5.74) is 5.78. The minimum Gasteiger partial charge on any atom is -0.330 e. The molecule has 0 radical (unpaired) electrons. The highest BCUT2D eigenvalue weighted by atomic mass is 14.6. The third-order valence-corrected chi connectivity index (χ3v) is 3.42. The zero-order chi connectivity index (χ0) is 10.3. The highest BCUT2D eigenvalue weighted by molar-refractivity contribution is 4.70. The minimum absolute atomic E-state index is 0.749. The predicted molar refractivity (Wildman–Crippen MR) is 60.7 cm³/mol. The molecule has 0 aliphatic heterocycles. The topological polar surface area (TPSA) is 26.0 Å². The van der Waals surface area contributed by atoms with Gasteiger partial charge in [0, 0.05) is 0 Å². The molecular formula is C12H27N. The molecule has 0 aromatic rings. The van der Waals surface area contributed by atoms with Gasteiger partial charge in [-0.1, -0.05) is 47.0 Å². The van der Waals surface area contributed by atoms with E-state index in [4.69, 9.17) is 5.73 Å². The first-order valence-electron chi connectivity index (χ1n) is 5.89. The molecular weight excluding hydrogens is 158 g/mol. The largest absolute Gasteiger partial charge is 0.330 e. The van der Waals surface area contributed by atoms with Crippen LogP contribution in [-0.2, 0) is 0 Å². The summed E-state index contributed by atoms with van der Waals surface area (Å²) in [6, 6.07) is 0. The Kier molecular flexibility index (Phi) is 7.35. The monoisotopic (exact) mass is 185 g/mol. The Morgan fingerprint density at radius 3 is 1.77 bits per heavy atom. The van der Waals surface area contributed by atoms with Crippen LogP contribution in [0.1, 0.15) is 53.4 Å². The van der Waals surface area contributed by atoms with Gasteiger partial charge in [-0.3, -0.25) is 0 Å². The molecule has 3 atom stereocenters. The van der Waals surface area contributed by atoms with Crippen LogP contribution in [-0.4, -0.2) is 6.54 Å². The van der Waals surface area contributed by atoms with Gasteiger partial charge < -0.3 is 5.73 Å². The molecule has 0 spiro atoms. The van der Waals surface area contributed by atoms with Gasteiger partial charge in [0.15, 0.2) is 0 Å². The van der Waals surface area contributed by atoms with Crippen molar-refractivity contribution in [2.75, 3.05) is 6.54 Å². The molecule has 0 aliphatic carbocycles. The second-order valence-corrected chi connectivity index (χ2v) is 4.32. The number of hydrogen-bond acceptors (Lipinski definition) is 1. The highest BCUT2D eigenvalue weighted by Gasteiger charge is 2.18. The zero-order valence-electron chi connectivity index (χ0n) is 9.84. The lowest BCUT2D eigenvalue weighted by Gasteiger charge is -2.26. The number of nitrogens with two attached hydrogens (primary N) is 1. The van der Waals surface area contributed by atoms with Gasteiger partial charge in [0.05, 0.1) is 0 Å². The summed E-state index contributed by atoms with van der Waals surface area (Å²) >= 11 is 0. The number of hydrogen-bond donors (Lipinski definition) is 1. The van der Waals surface area contributed by atoms with E-state index in [1.165, 1.54) is 25.7 Å².